The van der Waals surface area contributed by atoms with Crippen molar-refractivity contribution < 1.29 is 9.90 Å². The third-order valence-electron chi connectivity index (χ3n) is 3.62. The van der Waals surface area contributed by atoms with Gasteiger partial charge in [-0.2, -0.15) is 0 Å². The van der Waals surface area contributed by atoms with Gasteiger partial charge in [0.1, 0.15) is 4.32 Å². The molecule has 1 aliphatic rings. The quantitative estimate of drug-likeness (QED) is 0.763. The zero-order valence-corrected chi connectivity index (χ0v) is 14.8. The first-order chi connectivity index (χ1) is 9.23. The Morgan fingerprint density at radius 1 is 1.35 bits per heavy atom. The van der Waals surface area contributed by atoms with E-state index in [1.54, 1.807) is 16.7 Å². The topological polar surface area (TPSA) is 40.5 Å². The predicted molar refractivity (Wildman–Crippen MR) is 89.8 cm³/mol. The molecule has 1 amide bonds. The first kappa shape index (κ1) is 17.9. The van der Waals surface area contributed by atoms with E-state index in [9.17, 15) is 9.90 Å². The SMILES string of the molecule is CC(C)C[C@H]1CSC(=S)N1C(=O)[C@@H](C)[C@H](O)CC(C)C. The Bertz CT molecular complexity index is 358. The summed E-state index contributed by atoms with van der Waals surface area (Å²) in [6.45, 7) is 10.2. The van der Waals surface area contributed by atoms with Crippen LogP contribution in [-0.2, 0) is 4.79 Å². The molecule has 0 aromatic rings. The van der Waals surface area contributed by atoms with E-state index < -0.39 is 6.10 Å². The average molecular weight is 318 g/mol. The van der Waals surface area contributed by atoms with E-state index in [4.69, 9.17) is 12.2 Å². The lowest BCUT2D eigenvalue weighted by molar-refractivity contribution is -0.136. The molecule has 0 spiro atoms. The zero-order chi connectivity index (χ0) is 15.4. The van der Waals surface area contributed by atoms with Crippen LogP contribution in [0.2, 0.25) is 0 Å². The summed E-state index contributed by atoms with van der Waals surface area (Å²) >= 11 is 6.91. The van der Waals surface area contributed by atoms with Crippen LogP contribution in [0.25, 0.3) is 0 Å². The van der Waals surface area contributed by atoms with Crippen LogP contribution < -0.4 is 0 Å². The number of thioether (sulfide) groups is 1. The van der Waals surface area contributed by atoms with Crippen LogP contribution in [0.5, 0.6) is 0 Å². The van der Waals surface area contributed by atoms with Gasteiger partial charge in [0.25, 0.3) is 0 Å². The second kappa shape index (κ2) is 7.76. The third-order valence-corrected chi connectivity index (χ3v) is 5.17. The van der Waals surface area contributed by atoms with Crippen LogP contribution in [-0.4, -0.2) is 38.1 Å². The maximum absolute atomic E-state index is 12.6. The first-order valence-corrected chi connectivity index (χ1v) is 8.81. The number of nitrogens with zero attached hydrogens (tertiary/aromatic N) is 1. The van der Waals surface area contributed by atoms with Gasteiger partial charge in [0.05, 0.1) is 12.0 Å². The minimum atomic E-state index is -0.587. The van der Waals surface area contributed by atoms with Gasteiger partial charge in [-0.15, -0.1) is 0 Å². The number of carbonyl (C=O) groups is 1. The van der Waals surface area contributed by atoms with Crippen molar-refractivity contribution in [3.05, 3.63) is 0 Å². The normalized spacial score (nSPS) is 22.7. The third kappa shape index (κ3) is 4.71. The highest BCUT2D eigenvalue weighted by Gasteiger charge is 2.38. The molecule has 0 radical (unpaired) electrons. The van der Waals surface area contributed by atoms with Gasteiger partial charge in [0, 0.05) is 11.8 Å². The fourth-order valence-electron chi connectivity index (χ4n) is 2.52. The highest BCUT2D eigenvalue weighted by Crippen LogP contribution is 2.30. The fourth-order valence-corrected chi connectivity index (χ4v) is 3.96. The number of amides is 1. The smallest absolute Gasteiger partial charge is 0.233 e. The van der Waals surface area contributed by atoms with Crippen molar-refractivity contribution >= 4 is 34.2 Å². The largest absolute Gasteiger partial charge is 0.392 e. The van der Waals surface area contributed by atoms with Crippen LogP contribution in [0.4, 0.5) is 0 Å². The van der Waals surface area contributed by atoms with Crippen molar-refractivity contribution in [1.29, 1.82) is 0 Å². The van der Waals surface area contributed by atoms with E-state index in [1.165, 1.54) is 0 Å². The zero-order valence-electron chi connectivity index (χ0n) is 13.1. The lowest BCUT2D eigenvalue weighted by Gasteiger charge is -2.29. The summed E-state index contributed by atoms with van der Waals surface area (Å²) in [5.41, 5.74) is 0. The average Bonchev–Trinajstić information content (AvgIpc) is 2.67. The van der Waals surface area contributed by atoms with Crippen LogP contribution in [0, 0.1) is 17.8 Å². The van der Waals surface area contributed by atoms with E-state index in [1.807, 2.05) is 6.92 Å². The molecule has 3 atom stereocenters. The molecule has 0 bridgehead atoms. The van der Waals surface area contributed by atoms with Gasteiger partial charge < -0.3 is 5.11 Å². The van der Waals surface area contributed by atoms with Crippen LogP contribution in [0.1, 0.15) is 47.5 Å². The van der Waals surface area contributed by atoms with Crippen molar-refractivity contribution in [3.8, 4) is 0 Å². The molecule has 0 saturated carbocycles. The van der Waals surface area contributed by atoms with Gasteiger partial charge in [-0.1, -0.05) is 58.6 Å². The molecule has 5 heteroatoms. The number of aliphatic hydroxyl groups excluding tert-OH is 1. The molecule has 0 aromatic heterocycles. The van der Waals surface area contributed by atoms with E-state index in [0.29, 0.717) is 22.6 Å². The second-order valence-electron chi connectivity index (χ2n) is 6.55. The maximum Gasteiger partial charge on any atom is 0.233 e. The summed E-state index contributed by atoms with van der Waals surface area (Å²) in [6.07, 6.45) is 1.03. The number of hydrogen-bond acceptors (Lipinski definition) is 4. The van der Waals surface area contributed by atoms with Crippen molar-refractivity contribution in [3.63, 3.8) is 0 Å². The molecule has 116 valence electrons. The summed E-state index contributed by atoms with van der Waals surface area (Å²) in [4.78, 5) is 14.4. The molecular weight excluding hydrogens is 290 g/mol. The molecule has 20 heavy (non-hydrogen) atoms. The molecule has 1 saturated heterocycles. The fraction of sp³-hybridized carbons (Fsp3) is 0.867. The number of hydrogen-bond donors (Lipinski definition) is 1. The molecular formula is C15H27NO2S2. The first-order valence-electron chi connectivity index (χ1n) is 7.41. The molecule has 0 aliphatic carbocycles. The number of thiocarbonyl (C=S) groups is 1. The van der Waals surface area contributed by atoms with E-state index in [0.717, 1.165) is 12.2 Å². The van der Waals surface area contributed by atoms with Gasteiger partial charge in [0.15, 0.2) is 0 Å². The van der Waals surface area contributed by atoms with Crippen molar-refractivity contribution in [2.24, 2.45) is 17.8 Å². The summed E-state index contributed by atoms with van der Waals surface area (Å²) < 4.78 is 0.671. The van der Waals surface area contributed by atoms with Crippen LogP contribution >= 0.6 is 24.0 Å². The second-order valence-corrected chi connectivity index (χ2v) is 8.21. The lowest BCUT2D eigenvalue weighted by Crippen LogP contribution is -2.45. The van der Waals surface area contributed by atoms with Crippen molar-refractivity contribution in [2.45, 2.75) is 59.6 Å². The van der Waals surface area contributed by atoms with Gasteiger partial charge in [-0.3, -0.25) is 9.69 Å². The Hall–Kier alpha value is -0.130. The van der Waals surface area contributed by atoms with E-state index >= 15 is 0 Å². The Morgan fingerprint density at radius 3 is 2.45 bits per heavy atom. The molecule has 1 aliphatic heterocycles. The van der Waals surface area contributed by atoms with E-state index in [2.05, 4.69) is 27.7 Å². The summed E-state index contributed by atoms with van der Waals surface area (Å²) in [5.74, 6) is 1.40. The highest BCUT2D eigenvalue weighted by atomic mass is 32.2. The minimum Gasteiger partial charge on any atom is -0.392 e. The summed E-state index contributed by atoms with van der Waals surface area (Å²) in [6, 6.07) is 0.189. The standard InChI is InChI=1S/C15H27NO2S2/c1-9(2)6-12-8-20-15(19)16(12)14(18)11(5)13(17)7-10(3)4/h9-13,17H,6-8H2,1-5H3/t11-,12-,13+/m0/s1. The summed E-state index contributed by atoms with van der Waals surface area (Å²) in [7, 11) is 0. The monoisotopic (exact) mass is 317 g/mol. The maximum atomic E-state index is 12.6. The van der Waals surface area contributed by atoms with Crippen LogP contribution in [0.15, 0.2) is 0 Å². The van der Waals surface area contributed by atoms with Gasteiger partial charge in [-0.05, 0) is 24.7 Å². The molecule has 0 unspecified atom stereocenters. The Balaban J connectivity index is 2.74. The molecule has 1 fully saturated rings. The van der Waals surface area contributed by atoms with Gasteiger partial charge >= 0.3 is 0 Å². The number of rotatable bonds is 6. The van der Waals surface area contributed by atoms with Gasteiger partial charge in [-0.25, -0.2) is 0 Å². The Morgan fingerprint density at radius 2 is 1.95 bits per heavy atom. The predicted octanol–water partition coefficient (Wildman–Crippen LogP) is 3.30. The molecule has 1 N–H and O–H groups in total. The number of carbonyl (C=O) groups excluding carboxylic acids is 1. The van der Waals surface area contributed by atoms with Gasteiger partial charge in [0.2, 0.25) is 5.91 Å². The van der Waals surface area contributed by atoms with E-state index in [-0.39, 0.29) is 17.9 Å². The number of aliphatic hydroxyl groups is 1. The minimum absolute atomic E-state index is 0.0150. The van der Waals surface area contributed by atoms with Crippen molar-refractivity contribution in [1.82, 2.24) is 4.90 Å². The lowest BCUT2D eigenvalue weighted by atomic mass is 9.94. The highest BCUT2D eigenvalue weighted by molar-refractivity contribution is 8.23. The summed E-state index contributed by atoms with van der Waals surface area (Å²) in [5, 5.41) is 10.2. The molecule has 1 rings (SSSR count). The molecule has 1 heterocycles. The van der Waals surface area contributed by atoms with Crippen LogP contribution in [0.3, 0.4) is 0 Å². The Kier molecular flexibility index (Phi) is 6.95. The van der Waals surface area contributed by atoms with Crippen molar-refractivity contribution in [2.75, 3.05) is 5.75 Å². The molecule has 0 aromatic carbocycles. The Labute approximate surface area is 132 Å². The molecule has 3 nitrogen and oxygen atoms in total.